The minimum absolute atomic E-state index is 0.0897. The van der Waals surface area contributed by atoms with Gasteiger partial charge in [-0.15, -0.1) is 10.2 Å². The second-order valence-electron chi connectivity index (χ2n) is 6.45. The van der Waals surface area contributed by atoms with E-state index in [9.17, 15) is 32.9 Å². The maximum Gasteiger partial charge on any atom is 0.416 e. The van der Waals surface area contributed by atoms with E-state index >= 15 is 0 Å². The van der Waals surface area contributed by atoms with E-state index in [1.807, 2.05) is 0 Å². The first-order valence-electron chi connectivity index (χ1n) is 9.03. The fourth-order valence-corrected chi connectivity index (χ4v) is 4.16. The van der Waals surface area contributed by atoms with Crippen LogP contribution in [0.5, 0.6) is 0 Å². The number of nitrogens with one attached hydrogen (secondary N) is 2. The Hall–Kier alpha value is -3.52. The number of nitro benzene ring substituents is 1. The molecule has 3 rings (SSSR count). The largest absolute Gasteiger partial charge is 0.416 e. The Morgan fingerprint density at radius 3 is 2.45 bits per heavy atom. The van der Waals surface area contributed by atoms with Gasteiger partial charge < -0.3 is 5.32 Å². The van der Waals surface area contributed by atoms with E-state index in [4.69, 9.17) is 0 Å². The Labute approximate surface area is 192 Å². The summed E-state index contributed by atoms with van der Waals surface area (Å²) in [6, 6.07) is 8.18. The highest BCUT2D eigenvalue weighted by atomic mass is 32.2. The topological polar surface area (TPSA) is 127 Å². The number of anilines is 2. The van der Waals surface area contributed by atoms with Crippen molar-refractivity contribution in [2.75, 3.05) is 16.4 Å². The molecule has 0 aliphatic rings. The summed E-state index contributed by atoms with van der Waals surface area (Å²) in [5, 5.41) is 23.8. The number of nitro groups is 1. The zero-order chi connectivity index (χ0) is 24.2. The molecule has 0 atom stereocenters. The number of carbonyl (C=O) groups is 2. The normalized spacial score (nSPS) is 11.2. The van der Waals surface area contributed by atoms with Crippen LogP contribution < -0.4 is 10.6 Å². The summed E-state index contributed by atoms with van der Waals surface area (Å²) in [5.41, 5.74) is -0.469. The average Bonchev–Trinajstić information content (AvgIpc) is 3.19. The summed E-state index contributed by atoms with van der Waals surface area (Å²) in [5.74, 6) is -1.15. The predicted octanol–water partition coefficient (Wildman–Crippen LogP) is 4.76. The second-order valence-corrected chi connectivity index (χ2v) is 8.65. The summed E-state index contributed by atoms with van der Waals surface area (Å²) in [6.45, 7) is 1.46. The molecule has 2 aromatic carbocycles. The quantitative estimate of drug-likeness (QED) is 0.209. The molecule has 0 bridgehead atoms. The predicted molar refractivity (Wildman–Crippen MR) is 116 cm³/mol. The zero-order valence-electron chi connectivity index (χ0n) is 16.7. The number of aromatic nitrogens is 2. The SMILES string of the molecule is Cc1c(C(=O)Nc2nnc(SCC(=O)Nc3ccc(C(F)(F)F)cc3)s2)cccc1[N+](=O)[O-]. The van der Waals surface area contributed by atoms with Crippen LogP contribution in [0.2, 0.25) is 0 Å². The van der Waals surface area contributed by atoms with Crippen LogP contribution in [0.3, 0.4) is 0 Å². The smallest absolute Gasteiger partial charge is 0.325 e. The Morgan fingerprint density at radius 2 is 1.82 bits per heavy atom. The Bertz CT molecular complexity index is 1200. The summed E-state index contributed by atoms with van der Waals surface area (Å²) < 4.78 is 38.1. The first-order valence-corrected chi connectivity index (χ1v) is 10.8. The van der Waals surface area contributed by atoms with Crippen molar-refractivity contribution in [3.63, 3.8) is 0 Å². The number of halogens is 3. The van der Waals surface area contributed by atoms with Crippen LogP contribution in [0, 0.1) is 17.0 Å². The lowest BCUT2D eigenvalue weighted by Crippen LogP contribution is -2.14. The molecule has 9 nitrogen and oxygen atoms in total. The number of rotatable bonds is 7. The Balaban J connectivity index is 1.55. The molecule has 0 fully saturated rings. The monoisotopic (exact) mass is 497 g/mol. The van der Waals surface area contributed by atoms with E-state index in [1.165, 1.54) is 25.1 Å². The van der Waals surface area contributed by atoms with Gasteiger partial charge in [0.1, 0.15) is 0 Å². The molecule has 172 valence electrons. The number of nitrogens with zero attached hydrogens (tertiary/aromatic N) is 3. The van der Waals surface area contributed by atoms with Gasteiger partial charge in [-0.3, -0.25) is 25.0 Å². The Morgan fingerprint density at radius 1 is 1.12 bits per heavy atom. The molecule has 0 saturated heterocycles. The molecule has 0 spiro atoms. The maximum atomic E-state index is 12.6. The summed E-state index contributed by atoms with van der Waals surface area (Å²) >= 11 is 2.02. The number of alkyl halides is 3. The lowest BCUT2D eigenvalue weighted by atomic mass is 10.1. The number of hydrogen-bond donors (Lipinski definition) is 2. The van der Waals surface area contributed by atoms with Gasteiger partial charge in [-0.05, 0) is 37.3 Å². The van der Waals surface area contributed by atoms with Crippen molar-refractivity contribution in [2.24, 2.45) is 0 Å². The van der Waals surface area contributed by atoms with Crippen LogP contribution in [0.15, 0.2) is 46.8 Å². The van der Waals surface area contributed by atoms with Crippen LogP contribution >= 0.6 is 23.1 Å². The van der Waals surface area contributed by atoms with E-state index in [1.54, 1.807) is 0 Å². The average molecular weight is 497 g/mol. The molecule has 1 heterocycles. The number of thioether (sulfide) groups is 1. The lowest BCUT2D eigenvalue weighted by molar-refractivity contribution is -0.385. The number of amides is 2. The molecule has 0 unspecified atom stereocenters. The van der Waals surface area contributed by atoms with Gasteiger partial charge in [-0.25, -0.2) is 0 Å². The van der Waals surface area contributed by atoms with Gasteiger partial charge in [0.2, 0.25) is 11.0 Å². The highest BCUT2D eigenvalue weighted by Crippen LogP contribution is 2.30. The molecule has 2 amide bonds. The van der Waals surface area contributed by atoms with Gasteiger partial charge in [0.15, 0.2) is 4.34 Å². The van der Waals surface area contributed by atoms with Gasteiger partial charge in [-0.1, -0.05) is 29.2 Å². The minimum atomic E-state index is -4.46. The molecule has 33 heavy (non-hydrogen) atoms. The molecule has 0 aliphatic carbocycles. The molecule has 0 aliphatic heterocycles. The van der Waals surface area contributed by atoms with Gasteiger partial charge in [0.25, 0.3) is 11.6 Å². The van der Waals surface area contributed by atoms with Crippen molar-refractivity contribution in [1.29, 1.82) is 0 Å². The third kappa shape index (κ3) is 6.26. The molecular formula is C19H14F3N5O4S2. The van der Waals surface area contributed by atoms with E-state index in [-0.39, 0.29) is 33.4 Å². The van der Waals surface area contributed by atoms with Crippen LogP contribution in [-0.4, -0.2) is 32.7 Å². The van der Waals surface area contributed by atoms with E-state index in [2.05, 4.69) is 20.8 Å². The Kier molecular flexibility index (Phi) is 7.28. The standard InChI is InChI=1S/C19H14F3N5O4S2/c1-10-13(3-2-4-14(10)27(30)31)16(29)24-17-25-26-18(33-17)32-9-15(28)23-12-7-5-11(6-8-12)19(20,21)22/h2-8H,9H2,1H3,(H,23,28)(H,24,25,29). The zero-order valence-corrected chi connectivity index (χ0v) is 18.3. The van der Waals surface area contributed by atoms with Gasteiger partial charge >= 0.3 is 6.18 Å². The van der Waals surface area contributed by atoms with Crippen molar-refractivity contribution < 1.29 is 27.7 Å². The van der Waals surface area contributed by atoms with Crippen molar-refractivity contribution in [3.05, 3.63) is 69.3 Å². The fourth-order valence-electron chi connectivity index (χ4n) is 2.62. The van der Waals surface area contributed by atoms with Crippen molar-refractivity contribution >= 4 is 51.4 Å². The second kappa shape index (κ2) is 9.95. The third-order valence-electron chi connectivity index (χ3n) is 4.20. The van der Waals surface area contributed by atoms with Gasteiger partial charge in [-0.2, -0.15) is 13.2 Å². The van der Waals surface area contributed by atoms with Crippen molar-refractivity contribution in [2.45, 2.75) is 17.4 Å². The van der Waals surface area contributed by atoms with Crippen molar-refractivity contribution in [3.8, 4) is 0 Å². The molecule has 1 aromatic heterocycles. The first-order chi connectivity index (χ1) is 15.5. The third-order valence-corrected chi connectivity index (χ3v) is 6.17. The highest BCUT2D eigenvalue weighted by molar-refractivity contribution is 8.01. The lowest BCUT2D eigenvalue weighted by Gasteiger charge is -2.08. The molecule has 3 aromatic rings. The van der Waals surface area contributed by atoms with Gasteiger partial charge in [0, 0.05) is 22.9 Å². The fraction of sp³-hybridized carbons (Fsp3) is 0.158. The van der Waals surface area contributed by atoms with E-state index < -0.39 is 28.5 Å². The number of carbonyl (C=O) groups excluding carboxylic acids is 2. The summed E-state index contributed by atoms with van der Waals surface area (Å²) in [4.78, 5) is 34.9. The first kappa shape index (κ1) is 24.1. The van der Waals surface area contributed by atoms with Crippen molar-refractivity contribution in [1.82, 2.24) is 10.2 Å². The molecule has 14 heteroatoms. The van der Waals surface area contributed by atoms with E-state index in [0.29, 0.717) is 4.34 Å². The van der Waals surface area contributed by atoms with Crippen LogP contribution in [0.1, 0.15) is 21.5 Å². The van der Waals surface area contributed by atoms with Crippen LogP contribution in [0.4, 0.5) is 29.7 Å². The molecule has 2 N–H and O–H groups in total. The molecular weight excluding hydrogens is 483 g/mol. The number of benzene rings is 2. The summed E-state index contributed by atoms with van der Waals surface area (Å²) in [6.07, 6.45) is -4.46. The minimum Gasteiger partial charge on any atom is -0.325 e. The maximum absolute atomic E-state index is 12.6. The van der Waals surface area contributed by atoms with Gasteiger partial charge in [0.05, 0.1) is 16.2 Å². The summed E-state index contributed by atoms with van der Waals surface area (Å²) in [7, 11) is 0. The molecule has 0 radical (unpaired) electrons. The van der Waals surface area contributed by atoms with E-state index in [0.717, 1.165) is 47.4 Å². The number of hydrogen-bond acceptors (Lipinski definition) is 8. The highest BCUT2D eigenvalue weighted by Gasteiger charge is 2.30. The molecule has 0 saturated carbocycles. The van der Waals surface area contributed by atoms with Crippen LogP contribution in [-0.2, 0) is 11.0 Å². The van der Waals surface area contributed by atoms with Crippen LogP contribution in [0.25, 0.3) is 0 Å².